The Hall–Kier alpha value is -3.39. The number of hydrogen-bond acceptors (Lipinski definition) is 1. The largest absolute Gasteiger partial charge is 0.301 e. The standard InChI is InChI=1S/C23H14N2/c1-2-6-17-15(5-1)9-10-16-13-20-18-7-3-11-24-23(18)25-12-4-8-22(25)21(20)14-19(16)17/h1-14H. The molecular formula is C23H14N2. The Morgan fingerprint density at radius 3 is 2.48 bits per heavy atom. The molecule has 0 aliphatic rings. The van der Waals surface area contributed by atoms with Gasteiger partial charge in [-0.3, -0.25) is 0 Å². The average Bonchev–Trinajstić information content (AvgIpc) is 3.17. The highest BCUT2D eigenvalue weighted by Crippen LogP contribution is 2.35. The van der Waals surface area contributed by atoms with Crippen molar-refractivity contribution >= 4 is 48.9 Å². The van der Waals surface area contributed by atoms with Crippen LogP contribution in [0.3, 0.4) is 0 Å². The number of hydrogen-bond donors (Lipinski definition) is 0. The van der Waals surface area contributed by atoms with Crippen LogP contribution in [0.2, 0.25) is 0 Å². The first-order valence-electron chi connectivity index (χ1n) is 8.49. The van der Waals surface area contributed by atoms with Gasteiger partial charge >= 0.3 is 0 Å². The molecule has 2 heteroatoms. The second kappa shape index (κ2) is 4.58. The molecule has 0 aliphatic carbocycles. The van der Waals surface area contributed by atoms with E-state index >= 15 is 0 Å². The molecule has 0 spiro atoms. The lowest BCUT2D eigenvalue weighted by Crippen LogP contribution is -1.92. The van der Waals surface area contributed by atoms with Gasteiger partial charge in [0.05, 0.1) is 5.52 Å². The van der Waals surface area contributed by atoms with Gasteiger partial charge < -0.3 is 4.40 Å². The predicted molar refractivity (Wildman–Crippen MR) is 105 cm³/mol. The third-order valence-electron chi connectivity index (χ3n) is 5.21. The zero-order chi connectivity index (χ0) is 16.4. The van der Waals surface area contributed by atoms with Crippen molar-refractivity contribution in [3.63, 3.8) is 0 Å². The smallest absolute Gasteiger partial charge is 0.144 e. The molecule has 0 N–H and O–H groups in total. The molecule has 2 nitrogen and oxygen atoms in total. The van der Waals surface area contributed by atoms with Gasteiger partial charge in [-0.15, -0.1) is 0 Å². The topological polar surface area (TPSA) is 17.3 Å². The summed E-state index contributed by atoms with van der Waals surface area (Å²) in [5.41, 5.74) is 2.21. The molecule has 0 bridgehead atoms. The SMILES string of the molecule is c1ccc2c(c1)ccc1cc3c(cc12)c1cccn1c1ncccc31. The zero-order valence-corrected chi connectivity index (χ0v) is 13.5. The fraction of sp³-hybridized carbons (Fsp3) is 0. The Balaban J connectivity index is 1.95. The first-order chi connectivity index (χ1) is 12.4. The van der Waals surface area contributed by atoms with Crippen LogP contribution in [-0.2, 0) is 0 Å². The molecule has 6 aromatic rings. The van der Waals surface area contributed by atoms with Gasteiger partial charge in [0, 0.05) is 23.2 Å². The first kappa shape index (κ1) is 13.0. The van der Waals surface area contributed by atoms with Crippen molar-refractivity contribution in [2.24, 2.45) is 0 Å². The van der Waals surface area contributed by atoms with Crippen LogP contribution in [0, 0.1) is 0 Å². The number of pyridine rings is 2. The van der Waals surface area contributed by atoms with Crippen molar-refractivity contribution in [3.8, 4) is 0 Å². The lowest BCUT2D eigenvalue weighted by Gasteiger charge is -2.11. The molecule has 0 saturated heterocycles. The van der Waals surface area contributed by atoms with Crippen LogP contribution in [-0.4, -0.2) is 9.38 Å². The van der Waals surface area contributed by atoms with Gasteiger partial charge in [-0.25, -0.2) is 4.98 Å². The molecule has 25 heavy (non-hydrogen) atoms. The van der Waals surface area contributed by atoms with E-state index in [-0.39, 0.29) is 0 Å². The molecular weight excluding hydrogens is 304 g/mol. The van der Waals surface area contributed by atoms with Crippen molar-refractivity contribution in [1.82, 2.24) is 9.38 Å². The van der Waals surface area contributed by atoms with E-state index in [2.05, 4.69) is 82.3 Å². The molecule has 0 aliphatic heterocycles. The molecule has 3 aromatic carbocycles. The summed E-state index contributed by atoms with van der Waals surface area (Å²) in [5.74, 6) is 0. The summed E-state index contributed by atoms with van der Waals surface area (Å²) in [5, 5.41) is 8.88. The monoisotopic (exact) mass is 318 g/mol. The van der Waals surface area contributed by atoms with Crippen LogP contribution < -0.4 is 0 Å². The zero-order valence-electron chi connectivity index (χ0n) is 13.5. The summed E-state index contributed by atoms with van der Waals surface area (Å²) in [6.07, 6.45) is 3.96. The van der Waals surface area contributed by atoms with E-state index in [1.54, 1.807) is 0 Å². The average molecular weight is 318 g/mol. The fourth-order valence-corrected chi connectivity index (χ4v) is 4.07. The third kappa shape index (κ3) is 1.66. The van der Waals surface area contributed by atoms with E-state index < -0.39 is 0 Å². The minimum atomic E-state index is 1.01. The Labute approximate surface area is 143 Å². The van der Waals surface area contributed by atoms with Crippen LogP contribution in [0.5, 0.6) is 0 Å². The first-order valence-corrected chi connectivity index (χ1v) is 8.49. The minimum absolute atomic E-state index is 1.01. The van der Waals surface area contributed by atoms with E-state index in [1.807, 2.05) is 12.3 Å². The highest BCUT2D eigenvalue weighted by molar-refractivity contribution is 6.19. The minimum Gasteiger partial charge on any atom is -0.301 e. The van der Waals surface area contributed by atoms with E-state index in [0.29, 0.717) is 0 Å². The second-order valence-corrected chi connectivity index (χ2v) is 6.54. The van der Waals surface area contributed by atoms with Crippen LogP contribution >= 0.6 is 0 Å². The number of rotatable bonds is 0. The van der Waals surface area contributed by atoms with Crippen LogP contribution in [0.15, 0.2) is 85.2 Å². The maximum absolute atomic E-state index is 4.62. The molecule has 0 amide bonds. The van der Waals surface area contributed by atoms with E-state index in [9.17, 15) is 0 Å². The van der Waals surface area contributed by atoms with Crippen molar-refractivity contribution in [2.75, 3.05) is 0 Å². The molecule has 3 aromatic heterocycles. The molecule has 0 unspecified atom stereocenters. The van der Waals surface area contributed by atoms with Gasteiger partial charge in [0.15, 0.2) is 0 Å². The number of fused-ring (bicyclic) bond motifs is 9. The summed E-state index contributed by atoms with van der Waals surface area (Å²) in [6.45, 7) is 0. The van der Waals surface area contributed by atoms with Crippen molar-refractivity contribution in [3.05, 3.63) is 85.2 Å². The summed E-state index contributed by atoms with van der Waals surface area (Å²) < 4.78 is 2.19. The molecule has 0 fully saturated rings. The van der Waals surface area contributed by atoms with Crippen molar-refractivity contribution in [1.29, 1.82) is 0 Å². The molecule has 6 rings (SSSR count). The third-order valence-corrected chi connectivity index (χ3v) is 5.21. The van der Waals surface area contributed by atoms with Crippen molar-refractivity contribution < 1.29 is 0 Å². The van der Waals surface area contributed by atoms with Gasteiger partial charge in [0.25, 0.3) is 0 Å². The van der Waals surface area contributed by atoms with Crippen LogP contribution in [0.1, 0.15) is 0 Å². The predicted octanol–water partition coefficient (Wildman–Crippen LogP) is 5.95. The van der Waals surface area contributed by atoms with Gasteiger partial charge in [-0.05, 0) is 63.3 Å². The fourth-order valence-electron chi connectivity index (χ4n) is 4.07. The van der Waals surface area contributed by atoms with Gasteiger partial charge in [0.1, 0.15) is 5.65 Å². The number of benzene rings is 3. The molecule has 0 saturated carbocycles. The van der Waals surface area contributed by atoms with E-state index in [1.165, 1.54) is 43.2 Å². The Morgan fingerprint density at radius 2 is 1.48 bits per heavy atom. The van der Waals surface area contributed by atoms with E-state index in [0.717, 1.165) is 5.65 Å². The number of nitrogens with zero attached hydrogens (tertiary/aromatic N) is 2. The Kier molecular flexibility index (Phi) is 2.37. The maximum Gasteiger partial charge on any atom is 0.144 e. The van der Waals surface area contributed by atoms with Gasteiger partial charge in [-0.2, -0.15) is 0 Å². The van der Waals surface area contributed by atoms with Gasteiger partial charge in [0.2, 0.25) is 0 Å². The highest BCUT2D eigenvalue weighted by Gasteiger charge is 2.11. The quantitative estimate of drug-likeness (QED) is 0.250. The maximum atomic E-state index is 4.62. The second-order valence-electron chi connectivity index (χ2n) is 6.54. The van der Waals surface area contributed by atoms with Crippen LogP contribution in [0.4, 0.5) is 0 Å². The Morgan fingerprint density at radius 1 is 0.600 bits per heavy atom. The number of aromatic nitrogens is 2. The molecule has 0 radical (unpaired) electrons. The summed E-state index contributed by atoms with van der Waals surface area (Å²) in [4.78, 5) is 4.62. The summed E-state index contributed by atoms with van der Waals surface area (Å²) >= 11 is 0. The van der Waals surface area contributed by atoms with E-state index in [4.69, 9.17) is 0 Å². The highest BCUT2D eigenvalue weighted by atomic mass is 15.0. The summed E-state index contributed by atoms with van der Waals surface area (Å²) in [6, 6.07) is 26.1. The summed E-state index contributed by atoms with van der Waals surface area (Å²) in [7, 11) is 0. The van der Waals surface area contributed by atoms with Crippen molar-refractivity contribution in [2.45, 2.75) is 0 Å². The molecule has 116 valence electrons. The lowest BCUT2D eigenvalue weighted by molar-refractivity contribution is 1.21. The molecule has 3 heterocycles. The Bertz CT molecular complexity index is 1440. The van der Waals surface area contributed by atoms with Gasteiger partial charge in [-0.1, -0.05) is 36.4 Å². The van der Waals surface area contributed by atoms with Crippen LogP contribution in [0.25, 0.3) is 48.9 Å². The normalized spacial score (nSPS) is 12.0. The molecule has 0 atom stereocenters. The lowest BCUT2D eigenvalue weighted by atomic mass is 9.97.